The Balaban J connectivity index is 2.61. The van der Waals surface area contributed by atoms with E-state index in [1.807, 2.05) is 6.92 Å². The van der Waals surface area contributed by atoms with Gasteiger partial charge < -0.3 is 4.74 Å². The molecule has 0 aliphatic heterocycles. The van der Waals surface area contributed by atoms with Crippen LogP contribution in [-0.2, 0) is 14.3 Å². The van der Waals surface area contributed by atoms with Gasteiger partial charge in [0, 0.05) is 6.92 Å². The largest absolute Gasteiger partial charge is 0.458 e. The minimum absolute atomic E-state index is 0.153. The first-order valence-electron chi connectivity index (χ1n) is 5.96. The topological polar surface area (TPSA) is 43.4 Å². The summed E-state index contributed by atoms with van der Waals surface area (Å²) < 4.78 is 5.11. The minimum Gasteiger partial charge on any atom is -0.458 e. The maximum atomic E-state index is 11.7. The van der Waals surface area contributed by atoms with Gasteiger partial charge in [0.05, 0.1) is 6.42 Å². The monoisotopic (exact) mass is 224 g/mol. The third kappa shape index (κ3) is 3.19. The van der Waals surface area contributed by atoms with Crippen LogP contribution in [0.2, 0.25) is 0 Å². The van der Waals surface area contributed by atoms with Crippen LogP contribution in [0.3, 0.4) is 0 Å². The van der Waals surface area contributed by atoms with Crippen LogP contribution in [0.25, 0.3) is 0 Å². The van der Waals surface area contributed by atoms with E-state index in [2.05, 4.69) is 6.92 Å². The van der Waals surface area contributed by atoms with Crippen LogP contribution < -0.4 is 0 Å². The van der Waals surface area contributed by atoms with Crippen molar-refractivity contribution in [2.75, 3.05) is 0 Å². The number of hydrogen-bond acceptors (Lipinski definition) is 3. The van der Waals surface area contributed by atoms with Crippen LogP contribution in [0.5, 0.6) is 0 Å². The highest BCUT2D eigenvalue weighted by Gasteiger charge is 2.30. The average Bonchev–Trinajstić information content (AvgIpc) is 2.45. The summed E-state index contributed by atoms with van der Waals surface area (Å²) in [6.07, 6.45) is 4.20. The predicted molar refractivity (Wildman–Crippen MR) is 62.0 cm³/mol. The Labute approximate surface area is 96.9 Å². The first-order valence-corrected chi connectivity index (χ1v) is 5.96. The zero-order chi connectivity index (χ0) is 12.1. The van der Waals surface area contributed by atoms with E-state index in [0.29, 0.717) is 6.42 Å². The summed E-state index contributed by atoms with van der Waals surface area (Å²) in [6, 6.07) is 0. The lowest BCUT2D eigenvalue weighted by Gasteiger charge is -2.10. The first kappa shape index (κ1) is 12.9. The molecule has 0 aromatic rings. The summed E-state index contributed by atoms with van der Waals surface area (Å²) >= 11 is 0. The molecule has 90 valence electrons. The van der Waals surface area contributed by atoms with Gasteiger partial charge in [-0.05, 0) is 30.9 Å². The highest BCUT2D eigenvalue weighted by atomic mass is 16.5. The number of carbonyl (C=O) groups excluding carboxylic acids is 2. The third-order valence-corrected chi connectivity index (χ3v) is 3.00. The summed E-state index contributed by atoms with van der Waals surface area (Å²) in [4.78, 5) is 22.6. The SMILES string of the molecule is CCCCCC1=C(C)C(OC(C)=O)CC1=O. The Morgan fingerprint density at radius 3 is 2.69 bits per heavy atom. The fraction of sp³-hybridized carbons (Fsp3) is 0.692. The second-order valence-electron chi connectivity index (χ2n) is 4.34. The number of Topliss-reactive ketones (excluding diaryl/α,β-unsaturated/α-hetero) is 1. The molecule has 0 heterocycles. The van der Waals surface area contributed by atoms with Gasteiger partial charge in [-0.15, -0.1) is 0 Å². The average molecular weight is 224 g/mol. The summed E-state index contributed by atoms with van der Waals surface area (Å²) in [5.74, 6) is -0.160. The number of allylic oxidation sites excluding steroid dienone is 1. The van der Waals surface area contributed by atoms with Gasteiger partial charge in [0.1, 0.15) is 6.10 Å². The summed E-state index contributed by atoms with van der Waals surface area (Å²) in [6.45, 7) is 5.42. The van der Waals surface area contributed by atoms with E-state index in [1.165, 1.54) is 6.92 Å². The van der Waals surface area contributed by atoms with E-state index in [0.717, 1.165) is 36.8 Å². The lowest BCUT2D eigenvalue weighted by atomic mass is 10.0. The van der Waals surface area contributed by atoms with Gasteiger partial charge >= 0.3 is 5.97 Å². The third-order valence-electron chi connectivity index (χ3n) is 3.00. The van der Waals surface area contributed by atoms with Gasteiger partial charge in [-0.1, -0.05) is 19.8 Å². The molecule has 1 atom stereocenters. The molecule has 0 spiro atoms. The van der Waals surface area contributed by atoms with E-state index in [9.17, 15) is 9.59 Å². The molecule has 1 rings (SSSR count). The number of unbranched alkanes of at least 4 members (excludes halogenated alkanes) is 2. The number of ether oxygens (including phenoxy) is 1. The number of carbonyl (C=O) groups is 2. The van der Waals surface area contributed by atoms with Gasteiger partial charge in [-0.2, -0.15) is 0 Å². The van der Waals surface area contributed by atoms with Gasteiger partial charge in [-0.3, -0.25) is 9.59 Å². The molecule has 0 aromatic carbocycles. The normalized spacial score (nSPS) is 20.4. The Bertz CT molecular complexity index is 315. The molecule has 0 aromatic heterocycles. The fourth-order valence-corrected chi connectivity index (χ4v) is 2.08. The highest BCUT2D eigenvalue weighted by molar-refractivity contribution is 5.99. The van der Waals surface area contributed by atoms with Crippen molar-refractivity contribution in [1.82, 2.24) is 0 Å². The Morgan fingerprint density at radius 2 is 2.12 bits per heavy atom. The van der Waals surface area contributed by atoms with E-state index in [1.54, 1.807) is 0 Å². The quantitative estimate of drug-likeness (QED) is 0.532. The second kappa shape index (κ2) is 5.83. The standard InChI is InChI=1S/C13H20O3/c1-4-5-6-7-11-9(2)13(8-12(11)15)16-10(3)14/h13H,4-8H2,1-3H3. The summed E-state index contributed by atoms with van der Waals surface area (Å²) in [5, 5.41) is 0. The van der Waals surface area contributed by atoms with Crippen LogP contribution >= 0.6 is 0 Å². The van der Waals surface area contributed by atoms with Crippen LogP contribution in [0, 0.1) is 0 Å². The lowest BCUT2D eigenvalue weighted by molar-refractivity contribution is -0.144. The molecule has 3 heteroatoms. The maximum absolute atomic E-state index is 11.7. The van der Waals surface area contributed by atoms with Gasteiger partial charge in [0.25, 0.3) is 0 Å². The molecule has 1 aliphatic rings. The van der Waals surface area contributed by atoms with Gasteiger partial charge in [0.15, 0.2) is 5.78 Å². The molecule has 1 aliphatic carbocycles. The van der Waals surface area contributed by atoms with Crippen molar-refractivity contribution >= 4 is 11.8 Å². The fourth-order valence-electron chi connectivity index (χ4n) is 2.08. The van der Waals surface area contributed by atoms with E-state index < -0.39 is 0 Å². The van der Waals surface area contributed by atoms with Crippen molar-refractivity contribution in [1.29, 1.82) is 0 Å². The van der Waals surface area contributed by atoms with Crippen LogP contribution in [0.15, 0.2) is 11.1 Å². The predicted octanol–water partition coefficient (Wildman–Crippen LogP) is 2.79. The number of rotatable bonds is 5. The van der Waals surface area contributed by atoms with E-state index >= 15 is 0 Å². The van der Waals surface area contributed by atoms with Crippen LogP contribution in [0.1, 0.15) is 52.9 Å². The van der Waals surface area contributed by atoms with Crippen molar-refractivity contribution < 1.29 is 14.3 Å². The Hall–Kier alpha value is -1.12. The molecule has 0 saturated heterocycles. The van der Waals surface area contributed by atoms with Gasteiger partial charge in [-0.25, -0.2) is 0 Å². The molecule has 0 amide bonds. The Kier molecular flexibility index (Phi) is 4.71. The zero-order valence-corrected chi connectivity index (χ0v) is 10.3. The van der Waals surface area contributed by atoms with E-state index in [-0.39, 0.29) is 17.9 Å². The zero-order valence-electron chi connectivity index (χ0n) is 10.3. The number of esters is 1. The lowest BCUT2D eigenvalue weighted by Crippen LogP contribution is -2.15. The second-order valence-corrected chi connectivity index (χ2v) is 4.34. The smallest absolute Gasteiger partial charge is 0.303 e. The van der Waals surface area contributed by atoms with E-state index in [4.69, 9.17) is 4.74 Å². The Morgan fingerprint density at radius 1 is 1.44 bits per heavy atom. The molecular weight excluding hydrogens is 204 g/mol. The molecule has 0 fully saturated rings. The first-order chi connectivity index (χ1) is 7.56. The number of hydrogen-bond donors (Lipinski definition) is 0. The van der Waals surface area contributed by atoms with Crippen molar-refractivity contribution in [3.8, 4) is 0 Å². The molecule has 1 unspecified atom stereocenters. The molecule has 0 saturated carbocycles. The molecule has 0 N–H and O–H groups in total. The van der Waals surface area contributed by atoms with Crippen LogP contribution in [0.4, 0.5) is 0 Å². The van der Waals surface area contributed by atoms with Crippen molar-refractivity contribution in [2.24, 2.45) is 0 Å². The number of ketones is 1. The van der Waals surface area contributed by atoms with Crippen LogP contribution in [-0.4, -0.2) is 17.9 Å². The molecular formula is C13H20O3. The minimum atomic E-state index is -0.313. The van der Waals surface area contributed by atoms with Crippen molar-refractivity contribution in [2.45, 2.75) is 59.0 Å². The summed E-state index contributed by atoms with van der Waals surface area (Å²) in [7, 11) is 0. The van der Waals surface area contributed by atoms with Crippen molar-refractivity contribution in [3.05, 3.63) is 11.1 Å². The molecule has 3 nitrogen and oxygen atoms in total. The maximum Gasteiger partial charge on any atom is 0.303 e. The molecule has 16 heavy (non-hydrogen) atoms. The van der Waals surface area contributed by atoms with Crippen molar-refractivity contribution in [3.63, 3.8) is 0 Å². The van der Waals surface area contributed by atoms with Gasteiger partial charge in [0.2, 0.25) is 0 Å². The molecule has 0 radical (unpaired) electrons. The molecule has 0 bridgehead atoms. The summed E-state index contributed by atoms with van der Waals surface area (Å²) in [5.41, 5.74) is 1.84. The highest BCUT2D eigenvalue weighted by Crippen LogP contribution is 2.29.